The molecule has 0 atom stereocenters. The number of hydrogen-bond acceptors (Lipinski definition) is 4. The van der Waals surface area contributed by atoms with Gasteiger partial charge in [0.05, 0.1) is 7.11 Å². The van der Waals surface area contributed by atoms with Gasteiger partial charge < -0.3 is 15.0 Å². The molecule has 1 N–H and O–H groups in total. The Hall–Kier alpha value is -3.31. The molecule has 0 amide bonds. The molecule has 0 aromatic heterocycles. The van der Waals surface area contributed by atoms with Crippen LogP contribution in [0.3, 0.4) is 0 Å². The standard InChI is InChI=1S/C25H24ClFN2O2/c1-28-22-9-7-18(8-10-22)19-5-6-20(24(26)14-19)16-29(2)23-13-17(12-21(27)15-23)4-11-25(30)31-3/h4-15,28H,16H2,1-3H3/b11-4+. The molecule has 0 bridgehead atoms. The lowest BCUT2D eigenvalue weighted by atomic mass is 10.0. The van der Waals surface area contributed by atoms with Gasteiger partial charge in [0.1, 0.15) is 5.82 Å². The minimum atomic E-state index is -0.494. The lowest BCUT2D eigenvalue weighted by Crippen LogP contribution is -2.17. The van der Waals surface area contributed by atoms with Crippen molar-refractivity contribution in [3.63, 3.8) is 0 Å². The molecule has 0 spiro atoms. The third-order valence-electron chi connectivity index (χ3n) is 4.93. The van der Waals surface area contributed by atoms with E-state index in [2.05, 4.69) is 10.1 Å². The summed E-state index contributed by atoms with van der Waals surface area (Å²) in [6, 6.07) is 18.7. The molecule has 3 aromatic rings. The predicted octanol–water partition coefficient (Wildman–Crippen LogP) is 6.01. The van der Waals surface area contributed by atoms with Gasteiger partial charge in [-0.05, 0) is 64.7 Å². The molecule has 0 saturated heterocycles. The SMILES string of the molecule is CNc1ccc(-c2ccc(CN(C)c3cc(F)cc(/C=C/C(=O)OC)c3)c(Cl)c2)cc1. The van der Waals surface area contributed by atoms with Gasteiger partial charge in [-0.3, -0.25) is 0 Å². The van der Waals surface area contributed by atoms with Crippen LogP contribution in [-0.4, -0.2) is 27.2 Å². The molecule has 0 aliphatic carbocycles. The van der Waals surface area contributed by atoms with Gasteiger partial charge in [0.25, 0.3) is 0 Å². The van der Waals surface area contributed by atoms with E-state index in [0.29, 0.717) is 22.8 Å². The molecule has 3 aromatic carbocycles. The quantitative estimate of drug-likeness (QED) is 0.362. The Bertz CT molecular complexity index is 1100. The zero-order valence-electron chi connectivity index (χ0n) is 17.7. The third kappa shape index (κ3) is 5.86. The first-order chi connectivity index (χ1) is 14.9. The summed E-state index contributed by atoms with van der Waals surface area (Å²) in [5.74, 6) is -0.882. The number of methoxy groups -OCH3 is 1. The molecule has 0 fully saturated rings. The third-order valence-corrected chi connectivity index (χ3v) is 5.28. The second-order valence-electron chi connectivity index (χ2n) is 7.09. The summed E-state index contributed by atoms with van der Waals surface area (Å²) in [6.45, 7) is 0.501. The second kappa shape index (κ2) is 10.1. The van der Waals surface area contributed by atoms with Crippen LogP contribution in [0.1, 0.15) is 11.1 Å². The number of ether oxygens (including phenoxy) is 1. The number of carbonyl (C=O) groups excluding carboxylic acids is 1. The number of nitrogens with one attached hydrogen (secondary N) is 1. The van der Waals surface area contributed by atoms with Crippen molar-refractivity contribution in [3.05, 3.63) is 88.7 Å². The fraction of sp³-hybridized carbons (Fsp3) is 0.160. The summed E-state index contributed by atoms with van der Waals surface area (Å²) in [5, 5.41) is 3.74. The topological polar surface area (TPSA) is 41.6 Å². The summed E-state index contributed by atoms with van der Waals surface area (Å²) >= 11 is 6.56. The predicted molar refractivity (Wildman–Crippen MR) is 126 cm³/mol. The second-order valence-corrected chi connectivity index (χ2v) is 7.50. The number of halogens is 2. The Kier molecular flexibility index (Phi) is 7.32. The van der Waals surface area contributed by atoms with Crippen LogP contribution in [0.5, 0.6) is 0 Å². The summed E-state index contributed by atoms with van der Waals surface area (Å²) in [7, 11) is 5.04. The van der Waals surface area contributed by atoms with Crippen LogP contribution in [0.15, 0.2) is 66.7 Å². The molecular formula is C25H24ClFN2O2. The molecule has 6 heteroatoms. The Balaban J connectivity index is 1.78. The molecule has 0 aliphatic rings. The number of carbonyl (C=O) groups is 1. The van der Waals surface area contributed by atoms with Crippen LogP contribution in [-0.2, 0) is 16.1 Å². The van der Waals surface area contributed by atoms with Crippen LogP contribution < -0.4 is 10.2 Å². The first-order valence-electron chi connectivity index (χ1n) is 9.74. The van der Waals surface area contributed by atoms with Crippen LogP contribution in [0, 0.1) is 5.82 Å². The molecule has 0 heterocycles. The van der Waals surface area contributed by atoms with E-state index in [1.54, 1.807) is 6.07 Å². The van der Waals surface area contributed by atoms with Gasteiger partial charge in [0.2, 0.25) is 0 Å². The van der Waals surface area contributed by atoms with Crippen LogP contribution in [0.2, 0.25) is 5.02 Å². The maximum atomic E-state index is 14.1. The monoisotopic (exact) mass is 438 g/mol. The fourth-order valence-corrected chi connectivity index (χ4v) is 3.42. The Morgan fingerprint density at radius 2 is 1.81 bits per heavy atom. The van der Waals surface area contributed by atoms with E-state index in [0.717, 1.165) is 22.4 Å². The largest absolute Gasteiger partial charge is 0.466 e. The highest BCUT2D eigenvalue weighted by Crippen LogP contribution is 2.28. The highest BCUT2D eigenvalue weighted by atomic mass is 35.5. The molecule has 0 aliphatic heterocycles. The average molecular weight is 439 g/mol. The molecule has 0 unspecified atom stereocenters. The van der Waals surface area contributed by atoms with Crippen LogP contribution in [0.4, 0.5) is 15.8 Å². The van der Waals surface area contributed by atoms with Crippen molar-refractivity contribution in [3.8, 4) is 11.1 Å². The van der Waals surface area contributed by atoms with Gasteiger partial charge in [-0.25, -0.2) is 9.18 Å². The van der Waals surface area contributed by atoms with Crippen molar-refractivity contribution in [1.29, 1.82) is 0 Å². The van der Waals surface area contributed by atoms with Crippen LogP contribution >= 0.6 is 11.6 Å². The van der Waals surface area contributed by atoms with Crippen molar-refractivity contribution in [2.75, 3.05) is 31.4 Å². The molecular weight excluding hydrogens is 415 g/mol. The lowest BCUT2D eigenvalue weighted by Gasteiger charge is -2.21. The highest BCUT2D eigenvalue weighted by molar-refractivity contribution is 6.31. The smallest absolute Gasteiger partial charge is 0.330 e. The lowest BCUT2D eigenvalue weighted by molar-refractivity contribution is -0.134. The van der Waals surface area contributed by atoms with E-state index in [-0.39, 0.29) is 5.82 Å². The normalized spacial score (nSPS) is 10.9. The Morgan fingerprint density at radius 1 is 1.10 bits per heavy atom. The molecule has 160 valence electrons. The number of anilines is 2. The number of hydrogen-bond donors (Lipinski definition) is 1. The minimum Gasteiger partial charge on any atom is -0.466 e. The van der Waals surface area contributed by atoms with E-state index in [1.165, 1.54) is 31.4 Å². The van der Waals surface area contributed by atoms with Crippen LogP contribution in [0.25, 0.3) is 17.2 Å². The van der Waals surface area contributed by atoms with Crippen molar-refractivity contribution in [2.45, 2.75) is 6.54 Å². The van der Waals surface area contributed by atoms with Gasteiger partial charge in [-0.1, -0.05) is 35.9 Å². The molecule has 3 rings (SSSR count). The van der Waals surface area contributed by atoms with E-state index in [9.17, 15) is 9.18 Å². The Morgan fingerprint density at radius 3 is 2.45 bits per heavy atom. The van der Waals surface area contributed by atoms with Gasteiger partial charge in [0, 0.05) is 43.1 Å². The molecule has 4 nitrogen and oxygen atoms in total. The first kappa shape index (κ1) is 22.4. The van der Waals surface area contributed by atoms with E-state index >= 15 is 0 Å². The first-order valence-corrected chi connectivity index (χ1v) is 10.1. The highest BCUT2D eigenvalue weighted by Gasteiger charge is 2.10. The number of benzene rings is 3. The Labute approximate surface area is 186 Å². The van der Waals surface area contributed by atoms with Crippen molar-refractivity contribution in [2.24, 2.45) is 0 Å². The molecule has 0 saturated carbocycles. The number of nitrogens with zero attached hydrogens (tertiary/aromatic N) is 1. The van der Waals surface area contributed by atoms with E-state index < -0.39 is 5.97 Å². The maximum absolute atomic E-state index is 14.1. The maximum Gasteiger partial charge on any atom is 0.330 e. The summed E-state index contributed by atoms with van der Waals surface area (Å²) < 4.78 is 18.7. The average Bonchev–Trinajstić information content (AvgIpc) is 2.78. The van der Waals surface area contributed by atoms with Gasteiger partial charge in [-0.2, -0.15) is 0 Å². The zero-order chi connectivity index (χ0) is 22.4. The summed E-state index contributed by atoms with van der Waals surface area (Å²) in [4.78, 5) is 13.2. The van der Waals surface area contributed by atoms with Gasteiger partial charge in [-0.15, -0.1) is 0 Å². The fourth-order valence-electron chi connectivity index (χ4n) is 3.18. The van der Waals surface area contributed by atoms with Crippen molar-refractivity contribution < 1.29 is 13.9 Å². The van der Waals surface area contributed by atoms with E-state index in [1.807, 2.05) is 61.5 Å². The van der Waals surface area contributed by atoms with E-state index in [4.69, 9.17) is 11.6 Å². The van der Waals surface area contributed by atoms with Crippen molar-refractivity contribution >= 4 is 35.0 Å². The zero-order valence-corrected chi connectivity index (χ0v) is 18.4. The summed E-state index contributed by atoms with van der Waals surface area (Å²) in [6.07, 6.45) is 2.78. The van der Waals surface area contributed by atoms with Gasteiger partial charge in [0.15, 0.2) is 0 Å². The number of rotatable bonds is 7. The van der Waals surface area contributed by atoms with Gasteiger partial charge >= 0.3 is 5.97 Å². The summed E-state index contributed by atoms with van der Waals surface area (Å²) in [5.41, 5.74) is 5.32. The molecule has 0 radical (unpaired) electrons. The minimum absolute atomic E-state index is 0.389. The number of esters is 1. The van der Waals surface area contributed by atoms with Crippen molar-refractivity contribution in [1.82, 2.24) is 0 Å². The molecule has 31 heavy (non-hydrogen) atoms.